The van der Waals surface area contributed by atoms with Crippen LogP contribution in [0.5, 0.6) is 0 Å². The monoisotopic (exact) mass is 411 g/mol. The van der Waals surface area contributed by atoms with Gasteiger partial charge in [-0.25, -0.2) is 4.98 Å². The first-order valence-corrected chi connectivity index (χ1v) is 9.88. The van der Waals surface area contributed by atoms with Crippen LogP contribution in [0, 0.1) is 0 Å². The van der Waals surface area contributed by atoms with Gasteiger partial charge in [-0.1, -0.05) is 47.5 Å². The Bertz CT molecular complexity index is 1040. The van der Waals surface area contributed by atoms with E-state index in [-0.39, 0.29) is 5.91 Å². The van der Waals surface area contributed by atoms with Gasteiger partial charge in [0, 0.05) is 47.7 Å². The van der Waals surface area contributed by atoms with Crippen LogP contribution in [0.3, 0.4) is 0 Å². The molecule has 1 aliphatic heterocycles. The molecule has 2 heterocycles. The molecule has 0 unspecified atom stereocenters. The molecule has 0 aliphatic carbocycles. The number of aromatic nitrogens is 1. The van der Waals surface area contributed by atoms with Gasteiger partial charge in [0.15, 0.2) is 0 Å². The lowest BCUT2D eigenvalue weighted by Crippen LogP contribution is -2.48. The highest BCUT2D eigenvalue weighted by molar-refractivity contribution is 6.35. The quantitative estimate of drug-likeness (QED) is 0.574. The first-order valence-electron chi connectivity index (χ1n) is 9.13. The summed E-state index contributed by atoms with van der Waals surface area (Å²) < 4.78 is 0. The van der Waals surface area contributed by atoms with E-state index in [4.69, 9.17) is 28.2 Å². The van der Waals surface area contributed by atoms with Crippen LogP contribution >= 0.6 is 23.2 Å². The Labute approximate surface area is 174 Å². The lowest BCUT2D eigenvalue weighted by Gasteiger charge is -2.35. The molecule has 0 radical (unpaired) electrons. The molecule has 1 fully saturated rings. The number of hydrogen-bond donors (Lipinski definition) is 0. The van der Waals surface area contributed by atoms with Crippen molar-refractivity contribution in [2.24, 2.45) is 0 Å². The minimum absolute atomic E-state index is 0.0165. The lowest BCUT2D eigenvalue weighted by atomic mass is 10.2. The number of para-hydroxylation sites is 1. The Hall–Kier alpha value is -2.56. The molecule has 4 nitrogen and oxygen atoms in total. The van der Waals surface area contributed by atoms with Gasteiger partial charge >= 0.3 is 0 Å². The fourth-order valence-electron chi connectivity index (χ4n) is 3.29. The molecule has 142 valence electrons. The van der Waals surface area contributed by atoms with Gasteiger partial charge in [0.25, 0.3) is 0 Å². The van der Waals surface area contributed by atoms with Gasteiger partial charge in [0.1, 0.15) is 5.82 Å². The van der Waals surface area contributed by atoms with Gasteiger partial charge in [-0.15, -0.1) is 0 Å². The third kappa shape index (κ3) is 4.13. The van der Waals surface area contributed by atoms with Crippen molar-refractivity contribution >= 4 is 51.9 Å². The molecular formula is C22H19Cl2N3O. The van der Waals surface area contributed by atoms with Gasteiger partial charge < -0.3 is 9.80 Å². The minimum atomic E-state index is -0.0165. The SMILES string of the molecule is O=C(/C=C/c1ccc(Cl)cc1Cl)N1CCN(c2ccc3ccccc3n2)CC1. The molecule has 3 aromatic rings. The normalized spacial score (nSPS) is 14.8. The first-order chi connectivity index (χ1) is 13.6. The Kier molecular flexibility index (Phi) is 5.51. The highest BCUT2D eigenvalue weighted by Crippen LogP contribution is 2.22. The smallest absolute Gasteiger partial charge is 0.246 e. The van der Waals surface area contributed by atoms with E-state index in [0.29, 0.717) is 23.1 Å². The Morgan fingerprint density at radius 3 is 2.54 bits per heavy atom. The first kappa shape index (κ1) is 18.8. The molecule has 0 saturated carbocycles. The topological polar surface area (TPSA) is 36.4 Å². The zero-order valence-electron chi connectivity index (χ0n) is 15.2. The van der Waals surface area contributed by atoms with Crippen molar-refractivity contribution in [1.29, 1.82) is 0 Å². The minimum Gasteiger partial charge on any atom is -0.353 e. The summed E-state index contributed by atoms with van der Waals surface area (Å²) in [6, 6.07) is 17.4. The third-order valence-electron chi connectivity index (χ3n) is 4.87. The van der Waals surface area contributed by atoms with Crippen molar-refractivity contribution in [3.63, 3.8) is 0 Å². The van der Waals surface area contributed by atoms with Gasteiger partial charge in [0.2, 0.25) is 5.91 Å². The molecule has 0 bridgehead atoms. The summed E-state index contributed by atoms with van der Waals surface area (Å²) in [5.41, 5.74) is 1.76. The summed E-state index contributed by atoms with van der Waals surface area (Å²) >= 11 is 12.1. The molecule has 1 aromatic heterocycles. The maximum absolute atomic E-state index is 12.5. The van der Waals surface area contributed by atoms with Crippen molar-refractivity contribution in [1.82, 2.24) is 9.88 Å². The van der Waals surface area contributed by atoms with E-state index in [1.54, 1.807) is 30.4 Å². The second-order valence-corrected chi connectivity index (χ2v) is 7.52. The maximum atomic E-state index is 12.5. The number of amides is 1. The number of hydrogen-bond acceptors (Lipinski definition) is 3. The van der Waals surface area contributed by atoms with Crippen molar-refractivity contribution in [3.05, 3.63) is 76.3 Å². The predicted octanol–water partition coefficient (Wildman–Crippen LogP) is 4.90. The second-order valence-electron chi connectivity index (χ2n) is 6.67. The molecule has 0 spiro atoms. The summed E-state index contributed by atoms with van der Waals surface area (Å²) in [7, 11) is 0. The van der Waals surface area contributed by atoms with Crippen LogP contribution in [0.15, 0.2) is 60.7 Å². The van der Waals surface area contributed by atoms with Crippen LogP contribution in [0.2, 0.25) is 10.0 Å². The second kappa shape index (κ2) is 8.21. The molecule has 28 heavy (non-hydrogen) atoms. The third-order valence-corrected chi connectivity index (χ3v) is 5.43. The number of rotatable bonds is 3. The average molecular weight is 412 g/mol. The Morgan fingerprint density at radius 2 is 1.75 bits per heavy atom. The van der Waals surface area contributed by atoms with Crippen LogP contribution in [0.25, 0.3) is 17.0 Å². The van der Waals surface area contributed by atoms with Gasteiger partial charge in [-0.2, -0.15) is 0 Å². The largest absolute Gasteiger partial charge is 0.353 e. The summed E-state index contributed by atoms with van der Waals surface area (Å²) in [6.07, 6.45) is 3.30. The van der Waals surface area contributed by atoms with E-state index in [0.717, 1.165) is 35.4 Å². The molecule has 6 heteroatoms. The molecule has 2 aromatic carbocycles. The lowest BCUT2D eigenvalue weighted by molar-refractivity contribution is -0.126. The fourth-order valence-corrected chi connectivity index (χ4v) is 3.76. The van der Waals surface area contributed by atoms with Crippen molar-refractivity contribution in [3.8, 4) is 0 Å². The summed E-state index contributed by atoms with van der Waals surface area (Å²) in [4.78, 5) is 21.3. The van der Waals surface area contributed by atoms with Crippen molar-refractivity contribution < 1.29 is 4.79 Å². The summed E-state index contributed by atoms with van der Waals surface area (Å²) in [5, 5.41) is 2.24. The zero-order chi connectivity index (χ0) is 19.5. The van der Waals surface area contributed by atoms with E-state index in [9.17, 15) is 4.79 Å². The highest BCUT2D eigenvalue weighted by Gasteiger charge is 2.20. The molecule has 1 saturated heterocycles. The number of nitrogens with zero attached hydrogens (tertiary/aromatic N) is 3. The molecule has 0 N–H and O–H groups in total. The van der Waals surface area contributed by atoms with E-state index in [2.05, 4.69) is 17.0 Å². The Morgan fingerprint density at radius 1 is 0.964 bits per heavy atom. The number of fused-ring (bicyclic) bond motifs is 1. The summed E-state index contributed by atoms with van der Waals surface area (Å²) in [5.74, 6) is 0.937. The van der Waals surface area contributed by atoms with Crippen LogP contribution in [-0.2, 0) is 4.79 Å². The van der Waals surface area contributed by atoms with Crippen molar-refractivity contribution in [2.75, 3.05) is 31.1 Å². The number of halogens is 2. The molecule has 0 atom stereocenters. The van der Waals surface area contributed by atoms with E-state index >= 15 is 0 Å². The number of pyridine rings is 1. The van der Waals surface area contributed by atoms with E-state index in [1.165, 1.54) is 0 Å². The molecule has 4 rings (SSSR count). The van der Waals surface area contributed by atoms with Gasteiger partial charge in [-0.3, -0.25) is 4.79 Å². The predicted molar refractivity (Wildman–Crippen MR) is 116 cm³/mol. The Balaban J connectivity index is 1.39. The summed E-state index contributed by atoms with van der Waals surface area (Å²) in [6.45, 7) is 2.83. The average Bonchev–Trinajstić information content (AvgIpc) is 2.72. The van der Waals surface area contributed by atoms with Crippen LogP contribution in [0.1, 0.15) is 5.56 Å². The standard InChI is InChI=1S/C22H19Cl2N3O/c23-18-8-5-16(19(24)15-18)7-10-22(28)27-13-11-26(12-14-27)21-9-6-17-3-1-2-4-20(17)25-21/h1-10,15H,11-14H2/b10-7+. The molecule has 1 amide bonds. The number of carbonyl (C=O) groups excluding carboxylic acids is 1. The van der Waals surface area contributed by atoms with Gasteiger partial charge in [-0.05, 0) is 42.0 Å². The van der Waals surface area contributed by atoms with E-state index < -0.39 is 0 Å². The maximum Gasteiger partial charge on any atom is 0.246 e. The highest BCUT2D eigenvalue weighted by atomic mass is 35.5. The zero-order valence-corrected chi connectivity index (χ0v) is 16.7. The number of piperazine rings is 1. The van der Waals surface area contributed by atoms with Crippen molar-refractivity contribution in [2.45, 2.75) is 0 Å². The van der Waals surface area contributed by atoms with Crippen LogP contribution < -0.4 is 4.90 Å². The van der Waals surface area contributed by atoms with Crippen LogP contribution in [-0.4, -0.2) is 42.0 Å². The van der Waals surface area contributed by atoms with Gasteiger partial charge in [0.05, 0.1) is 5.52 Å². The van der Waals surface area contributed by atoms with Crippen LogP contribution in [0.4, 0.5) is 5.82 Å². The fraction of sp³-hybridized carbons (Fsp3) is 0.182. The van der Waals surface area contributed by atoms with E-state index in [1.807, 2.05) is 29.2 Å². The number of anilines is 1. The number of carbonyl (C=O) groups is 1. The molecular weight excluding hydrogens is 393 g/mol. The molecule has 1 aliphatic rings. The number of benzene rings is 2.